The van der Waals surface area contributed by atoms with E-state index in [2.05, 4.69) is 0 Å². The molecule has 0 unspecified atom stereocenters. The monoisotopic (exact) mass is 290 g/mol. The van der Waals surface area contributed by atoms with Crippen molar-refractivity contribution in [3.05, 3.63) is 36.1 Å². The Balaban J connectivity index is 3.11. The average Bonchev–Trinajstić information content (AvgIpc) is 2.49. The molecular formula is C17H26N2O2. The maximum atomic E-state index is 8.43. The summed E-state index contributed by atoms with van der Waals surface area (Å²) in [6, 6.07) is 7.70. The van der Waals surface area contributed by atoms with Gasteiger partial charge in [0.1, 0.15) is 11.6 Å². The molecule has 0 bridgehead atoms. The van der Waals surface area contributed by atoms with Crippen LogP contribution in [0.3, 0.4) is 0 Å². The molecule has 0 fully saturated rings. The third kappa shape index (κ3) is 4.81. The van der Waals surface area contributed by atoms with Gasteiger partial charge in [0.15, 0.2) is 0 Å². The molecule has 0 radical (unpaired) electrons. The zero-order valence-corrected chi connectivity index (χ0v) is 13.6. The third-order valence-corrected chi connectivity index (χ3v) is 3.19. The molecule has 4 heteroatoms. The van der Waals surface area contributed by atoms with Crippen molar-refractivity contribution in [3.8, 4) is 5.75 Å². The summed E-state index contributed by atoms with van der Waals surface area (Å²) < 4.78 is 10.8. The largest absolute Gasteiger partial charge is 0.498 e. The lowest BCUT2D eigenvalue weighted by Crippen LogP contribution is -2.30. The smallest absolute Gasteiger partial charge is 0.131 e. The number of likely N-dealkylation sites (N-methyl/N-ethyl adjacent to an activating group) is 1. The zero-order chi connectivity index (χ0) is 15.8. The van der Waals surface area contributed by atoms with Gasteiger partial charge < -0.3 is 14.4 Å². The van der Waals surface area contributed by atoms with E-state index in [1.807, 2.05) is 56.9 Å². The normalized spacial score (nSPS) is 11.4. The molecule has 0 amide bonds. The van der Waals surface area contributed by atoms with Crippen molar-refractivity contribution in [2.45, 2.75) is 33.8 Å². The Hall–Kier alpha value is -1.97. The molecule has 0 saturated heterocycles. The molecule has 1 aromatic rings. The minimum atomic E-state index is 0.0859. The Morgan fingerprint density at radius 3 is 2.19 bits per heavy atom. The number of nitrogens with zero attached hydrogens (tertiary/aromatic N) is 1. The van der Waals surface area contributed by atoms with Gasteiger partial charge in [-0.3, -0.25) is 5.41 Å². The zero-order valence-electron chi connectivity index (χ0n) is 13.6. The van der Waals surface area contributed by atoms with Crippen LogP contribution in [0.25, 0.3) is 5.57 Å². The number of rotatable bonds is 7. The second-order valence-electron chi connectivity index (χ2n) is 4.97. The lowest BCUT2D eigenvalue weighted by Gasteiger charge is -2.24. The van der Waals surface area contributed by atoms with E-state index >= 15 is 0 Å². The van der Waals surface area contributed by atoms with Gasteiger partial charge >= 0.3 is 0 Å². The van der Waals surface area contributed by atoms with Gasteiger partial charge in [-0.1, -0.05) is 12.1 Å². The summed E-state index contributed by atoms with van der Waals surface area (Å²) in [6.07, 6.45) is 1.77. The molecule has 116 valence electrons. The third-order valence-electron chi connectivity index (χ3n) is 3.19. The second kappa shape index (κ2) is 8.35. The standard InChI is InChI=1S/C17H26N2O2/c1-6-19(7-2)17(18)16(12-21-13(3)4)14-8-10-15(20-5)11-9-14/h8-13,18H,6-7H2,1-5H3/b16-12-,18-17?. The molecule has 0 aromatic heterocycles. The van der Waals surface area contributed by atoms with Gasteiger partial charge in [-0.15, -0.1) is 0 Å². The van der Waals surface area contributed by atoms with E-state index in [1.165, 1.54) is 0 Å². The number of hydrogen-bond acceptors (Lipinski definition) is 3. The van der Waals surface area contributed by atoms with Crippen LogP contribution in [0, 0.1) is 5.41 Å². The van der Waals surface area contributed by atoms with Gasteiger partial charge in [-0.25, -0.2) is 0 Å². The number of nitrogens with one attached hydrogen (secondary N) is 1. The molecule has 0 aliphatic heterocycles. The highest BCUT2D eigenvalue weighted by Crippen LogP contribution is 2.21. The molecule has 0 saturated carbocycles. The van der Waals surface area contributed by atoms with Gasteiger partial charge in [0.25, 0.3) is 0 Å². The average molecular weight is 290 g/mol. The summed E-state index contributed by atoms with van der Waals surface area (Å²) >= 11 is 0. The predicted molar refractivity (Wildman–Crippen MR) is 87.8 cm³/mol. The summed E-state index contributed by atoms with van der Waals surface area (Å²) in [5, 5.41) is 8.43. The SMILES string of the molecule is CCN(CC)C(=N)/C(=C\OC(C)C)c1ccc(OC)cc1. The Morgan fingerprint density at radius 1 is 1.19 bits per heavy atom. The van der Waals surface area contributed by atoms with Crippen molar-refractivity contribution < 1.29 is 9.47 Å². The Labute approximate surface area is 127 Å². The Morgan fingerprint density at radius 2 is 1.76 bits per heavy atom. The van der Waals surface area contributed by atoms with E-state index in [0.717, 1.165) is 30.0 Å². The first-order chi connectivity index (χ1) is 10.0. The first-order valence-electron chi connectivity index (χ1n) is 7.37. The van der Waals surface area contributed by atoms with E-state index in [9.17, 15) is 0 Å². The van der Waals surface area contributed by atoms with Gasteiger partial charge in [0.2, 0.25) is 0 Å². The van der Waals surface area contributed by atoms with Crippen molar-refractivity contribution >= 4 is 11.4 Å². The highest BCUT2D eigenvalue weighted by molar-refractivity contribution is 6.20. The van der Waals surface area contributed by atoms with Gasteiger partial charge in [0.05, 0.1) is 25.0 Å². The summed E-state index contributed by atoms with van der Waals surface area (Å²) in [5.74, 6) is 1.28. The summed E-state index contributed by atoms with van der Waals surface area (Å²) in [6.45, 7) is 9.64. The molecule has 0 heterocycles. The van der Waals surface area contributed by atoms with E-state index in [0.29, 0.717) is 5.84 Å². The van der Waals surface area contributed by atoms with Gasteiger partial charge in [0, 0.05) is 13.1 Å². The number of benzene rings is 1. The molecule has 0 aliphatic carbocycles. The lowest BCUT2D eigenvalue weighted by atomic mass is 10.1. The number of amidine groups is 1. The molecular weight excluding hydrogens is 264 g/mol. The van der Waals surface area contributed by atoms with Gasteiger partial charge in [-0.05, 0) is 45.4 Å². The van der Waals surface area contributed by atoms with Gasteiger partial charge in [-0.2, -0.15) is 0 Å². The van der Waals surface area contributed by atoms with Crippen LogP contribution < -0.4 is 4.74 Å². The van der Waals surface area contributed by atoms with Crippen molar-refractivity contribution in [2.75, 3.05) is 20.2 Å². The molecule has 4 nitrogen and oxygen atoms in total. The number of methoxy groups -OCH3 is 1. The quantitative estimate of drug-likeness (QED) is 0.472. The first-order valence-corrected chi connectivity index (χ1v) is 7.37. The maximum Gasteiger partial charge on any atom is 0.131 e. The minimum Gasteiger partial charge on any atom is -0.498 e. The van der Waals surface area contributed by atoms with Crippen molar-refractivity contribution in [2.24, 2.45) is 0 Å². The summed E-state index contributed by atoms with van der Waals surface area (Å²) in [7, 11) is 1.64. The molecule has 0 spiro atoms. The van der Waals surface area contributed by atoms with Crippen LogP contribution in [-0.4, -0.2) is 37.0 Å². The van der Waals surface area contributed by atoms with E-state index in [1.54, 1.807) is 13.4 Å². The number of hydrogen-bond donors (Lipinski definition) is 1. The van der Waals surface area contributed by atoms with Crippen molar-refractivity contribution in [3.63, 3.8) is 0 Å². The highest BCUT2D eigenvalue weighted by Gasteiger charge is 2.14. The molecule has 1 aromatic carbocycles. The second-order valence-corrected chi connectivity index (χ2v) is 4.97. The van der Waals surface area contributed by atoms with E-state index in [-0.39, 0.29) is 6.10 Å². The maximum absolute atomic E-state index is 8.43. The molecule has 1 N–H and O–H groups in total. The predicted octanol–water partition coefficient (Wildman–Crippen LogP) is 3.78. The van der Waals surface area contributed by atoms with Crippen LogP contribution in [0.2, 0.25) is 0 Å². The Bertz CT molecular complexity index is 474. The Kier molecular flexibility index (Phi) is 6.79. The summed E-state index contributed by atoms with van der Waals surface area (Å²) in [5.41, 5.74) is 1.74. The molecule has 0 aliphatic rings. The van der Waals surface area contributed by atoms with Crippen molar-refractivity contribution in [1.82, 2.24) is 4.90 Å². The fourth-order valence-electron chi connectivity index (χ4n) is 1.95. The number of ether oxygens (including phenoxy) is 2. The topological polar surface area (TPSA) is 45.6 Å². The fraction of sp³-hybridized carbons (Fsp3) is 0.471. The lowest BCUT2D eigenvalue weighted by molar-refractivity contribution is 0.181. The van der Waals surface area contributed by atoms with E-state index in [4.69, 9.17) is 14.9 Å². The van der Waals surface area contributed by atoms with Crippen LogP contribution >= 0.6 is 0 Å². The molecule has 0 atom stereocenters. The first kappa shape index (κ1) is 17.1. The van der Waals surface area contributed by atoms with Crippen LogP contribution in [0.1, 0.15) is 33.3 Å². The minimum absolute atomic E-state index is 0.0859. The molecule has 21 heavy (non-hydrogen) atoms. The fourth-order valence-corrected chi connectivity index (χ4v) is 1.95. The van der Waals surface area contributed by atoms with Crippen LogP contribution in [0.5, 0.6) is 5.75 Å². The highest BCUT2D eigenvalue weighted by atomic mass is 16.5. The van der Waals surface area contributed by atoms with E-state index < -0.39 is 0 Å². The van der Waals surface area contributed by atoms with Crippen LogP contribution in [0.4, 0.5) is 0 Å². The van der Waals surface area contributed by atoms with Crippen LogP contribution in [-0.2, 0) is 4.74 Å². The van der Waals surface area contributed by atoms with Crippen molar-refractivity contribution in [1.29, 1.82) is 5.41 Å². The van der Waals surface area contributed by atoms with Crippen LogP contribution in [0.15, 0.2) is 30.5 Å². The summed E-state index contributed by atoms with van der Waals surface area (Å²) in [4.78, 5) is 2.00. The molecule has 1 rings (SSSR count).